The van der Waals surface area contributed by atoms with Crippen molar-refractivity contribution in [2.45, 2.75) is 45.6 Å². The van der Waals surface area contributed by atoms with Crippen molar-refractivity contribution in [2.24, 2.45) is 11.7 Å². The van der Waals surface area contributed by atoms with Gasteiger partial charge in [0, 0.05) is 30.4 Å². The third-order valence-corrected chi connectivity index (χ3v) is 3.98. The zero-order valence-corrected chi connectivity index (χ0v) is 12.0. The summed E-state index contributed by atoms with van der Waals surface area (Å²) in [6.45, 7) is 6.16. The van der Waals surface area contributed by atoms with Gasteiger partial charge in [-0.1, -0.05) is 13.0 Å². The molecule has 0 aromatic heterocycles. The lowest BCUT2D eigenvalue weighted by Crippen LogP contribution is -2.29. The van der Waals surface area contributed by atoms with Gasteiger partial charge in [-0.25, -0.2) is 4.39 Å². The lowest BCUT2D eigenvalue weighted by Gasteiger charge is -2.27. The smallest absolute Gasteiger partial charge is 0.128 e. The maximum absolute atomic E-state index is 14.1. The lowest BCUT2D eigenvalue weighted by molar-refractivity contribution is 0.576. The van der Waals surface area contributed by atoms with Crippen LogP contribution in [0.15, 0.2) is 18.2 Å². The molecule has 1 unspecified atom stereocenters. The molecule has 1 aliphatic rings. The molecule has 0 aliphatic heterocycles. The summed E-state index contributed by atoms with van der Waals surface area (Å²) < 4.78 is 14.1. The molecule has 1 aliphatic carbocycles. The molecule has 0 bridgehead atoms. The summed E-state index contributed by atoms with van der Waals surface area (Å²) in [6, 6.07) is 5.43. The van der Waals surface area contributed by atoms with Crippen LogP contribution >= 0.6 is 0 Å². The highest BCUT2D eigenvalue weighted by Crippen LogP contribution is 2.33. The second-order valence-electron chi connectivity index (χ2n) is 5.59. The van der Waals surface area contributed by atoms with Gasteiger partial charge in [0.05, 0.1) is 0 Å². The van der Waals surface area contributed by atoms with Crippen molar-refractivity contribution in [2.75, 3.05) is 18.0 Å². The van der Waals surface area contributed by atoms with E-state index in [9.17, 15) is 4.39 Å². The molecule has 19 heavy (non-hydrogen) atoms. The van der Waals surface area contributed by atoms with E-state index in [-0.39, 0.29) is 11.9 Å². The molecule has 2 N–H and O–H groups in total. The molecule has 0 spiro atoms. The summed E-state index contributed by atoms with van der Waals surface area (Å²) in [5.41, 5.74) is 7.84. The first-order valence-electron chi connectivity index (χ1n) is 7.43. The van der Waals surface area contributed by atoms with Gasteiger partial charge < -0.3 is 10.6 Å². The van der Waals surface area contributed by atoms with Gasteiger partial charge in [0.15, 0.2) is 0 Å². The Morgan fingerprint density at radius 3 is 2.68 bits per heavy atom. The predicted octanol–water partition coefficient (Wildman–Crippen LogP) is 3.34. The fourth-order valence-electron chi connectivity index (χ4n) is 2.46. The van der Waals surface area contributed by atoms with E-state index in [1.165, 1.54) is 12.8 Å². The van der Waals surface area contributed by atoms with E-state index in [0.29, 0.717) is 6.42 Å². The van der Waals surface area contributed by atoms with Gasteiger partial charge >= 0.3 is 0 Å². The fourth-order valence-corrected chi connectivity index (χ4v) is 2.46. The Kier molecular flexibility index (Phi) is 4.81. The van der Waals surface area contributed by atoms with Crippen LogP contribution in [0.1, 0.15) is 38.7 Å². The highest BCUT2D eigenvalue weighted by Gasteiger charge is 2.25. The van der Waals surface area contributed by atoms with Gasteiger partial charge in [0.2, 0.25) is 0 Å². The van der Waals surface area contributed by atoms with Crippen LogP contribution in [0.4, 0.5) is 10.1 Å². The van der Waals surface area contributed by atoms with Crippen LogP contribution in [0.25, 0.3) is 0 Å². The van der Waals surface area contributed by atoms with Crippen molar-refractivity contribution in [3.63, 3.8) is 0 Å². The third kappa shape index (κ3) is 3.69. The number of benzene rings is 1. The van der Waals surface area contributed by atoms with Gasteiger partial charge in [0.25, 0.3) is 0 Å². The van der Waals surface area contributed by atoms with Crippen LogP contribution in [0.5, 0.6) is 0 Å². The summed E-state index contributed by atoms with van der Waals surface area (Å²) in [6.07, 6.45) is 4.13. The summed E-state index contributed by atoms with van der Waals surface area (Å²) in [4.78, 5) is 2.30. The maximum Gasteiger partial charge on any atom is 0.128 e. The molecule has 1 saturated carbocycles. The van der Waals surface area contributed by atoms with Crippen molar-refractivity contribution in [3.05, 3.63) is 29.6 Å². The van der Waals surface area contributed by atoms with E-state index in [1.54, 1.807) is 12.1 Å². The van der Waals surface area contributed by atoms with Gasteiger partial charge in [-0.05, 0) is 50.7 Å². The minimum absolute atomic E-state index is 0.0373. The van der Waals surface area contributed by atoms with Gasteiger partial charge in [-0.3, -0.25) is 0 Å². The number of nitrogens with zero attached hydrogens (tertiary/aromatic N) is 1. The van der Waals surface area contributed by atoms with E-state index < -0.39 is 0 Å². The molecule has 3 heteroatoms. The molecule has 2 nitrogen and oxygen atoms in total. The maximum atomic E-state index is 14.1. The zero-order valence-electron chi connectivity index (χ0n) is 12.0. The van der Waals surface area contributed by atoms with Crippen LogP contribution in [0.2, 0.25) is 0 Å². The quantitative estimate of drug-likeness (QED) is 0.818. The molecule has 1 aromatic rings. The van der Waals surface area contributed by atoms with Crippen LogP contribution < -0.4 is 10.6 Å². The van der Waals surface area contributed by atoms with Crippen molar-refractivity contribution < 1.29 is 4.39 Å². The molecule has 106 valence electrons. The number of halogens is 1. The Hall–Kier alpha value is -1.09. The van der Waals surface area contributed by atoms with Crippen molar-refractivity contribution in [1.82, 2.24) is 0 Å². The second kappa shape index (κ2) is 6.38. The Labute approximate surface area is 115 Å². The zero-order chi connectivity index (χ0) is 13.8. The van der Waals surface area contributed by atoms with E-state index in [4.69, 9.17) is 5.73 Å². The minimum atomic E-state index is -0.115. The summed E-state index contributed by atoms with van der Waals surface area (Å²) in [5, 5.41) is 0. The van der Waals surface area contributed by atoms with E-state index in [0.717, 1.165) is 36.7 Å². The molecule has 0 radical (unpaired) electrons. The van der Waals surface area contributed by atoms with Crippen LogP contribution in [-0.4, -0.2) is 19.1 Å². The third-order valence-electron chi connectivity index (χ3n) is 3.98. The molecular formula is C16H25FN2. The number of anilines is 1. The molecular weight excluding hydrogens is 239 g/mol. The standard InChI is InChI=1S/C16H25FN2/c1-3-13(18)10-14-15(17)6-5-7-16(14)19(4-2)11-12-8-9-12/h5-7,12-13H,3-4,8-11,18H2,1-2H3. The first-order chi connectivity index (χ1) is 9.15. The van der Waals surface area contributed by atoms with E-state index in [2.05, 4.69) is 11.8 Å². The molecule has 0 amide bonds. The van der Waals surface area contributed by atoms with Gasteiger partial charge in [-0.15, -0.1) is 0 Å². The van der Waals surface area contributed by atoms with Gasteiger partial charge in [-0.2, -0.15) is 0 Å². The van der Waals surface area contributed by atoms with Crippen LogP contribution in [-0.2, 0) is 6.42 Å². The number of rotatable bonds is 7. The molecule has 1 fully saturated rings. The first kappa shape index (κ1) is 14.3. The predicted molar refractivity (Wildman–Crippen MR) is 79.0 cm³/mol. The number of hydrogen-bond acceptors (Lipinski definition) is 2. The highest BCUT2D eigenvalue weighted by atomic mass is 19.1. The van der Waals surface area contributed by atoms with Crippen LogP contribution in [0, 0.1) is 11.7 Å². The Morgan fingerprint density at radius 2 is 2.11 bits per heavy atom. The molecule has 1 atom stereocenters. The van der Waals surface area contributed by atoms with Gasteiger partial charge in [0.1, 0.15) is 5.82 Å². The summed E-state index contributed by atoms with van der Waals surface area (Å²) in [7, 11) is 0. The Balaban J connectivity index is 2.23. The summed E-state index contributed by atoms with van der Waals surface area (Å²) in [5.74, 6) is 0.687. The minimum Gasteiger partial charge on any atom is -0.371 e. The molecule has 0 saturated heterocycles. The van der Waals surface area contributed by atoms with E-state index in [1.807, 2.05) is 13.0 Å². The fraction of sp³-hybridized carbons (Fsp3) is 0.625. The molecule has 2 rings (SSSR count). The molecule has 0 heterocycles. The van der Waals surface area contributed by atoms with Crippen molar-refractivity contribution >= 4 is 5.69 Å². The van der Waals surface area contributed by atoms with Crippen molar-refractivity contribution in [1.29, 1.82) is 0 Å². The number of hydrogen-bond donors (Lipinski definition) is 1. The Morgan fingerprint density at radius 1 is 1.37 bits per heavy atom. The Bertz CT molecular complexity index is 415. The SMILES string of the molecule is CCC(N)Cc1c(F)cccc1N(CC)CC1CC1. The normalized spacial score (nSPS) is 16.4. The largest absolute Gasteiger partial charge is 0.371 e. The molecule has 1 aromatic carbocycles. The first-order valence-corrected chi connectivity index (χ1v) is 7.43. The number of nitrogens with two attached hydrogens (primary N) is 1. The summed E-state index contributed by atoms with van der Waals surface area (Å²) >= 11 is 0. The monoisotopic (exact) mass is 264 g/mol. The average Bonchev–Trinajstić information content (AvgIpc) is 3.22. The van der Waals surface area contributed by atoms with Crippen molar-refractivity contribution in [3.8, 4) is 0 Å². The second-order valence-corrected chi connectivity index (χ2v) is 5.59. The topological polar surface area (TPSA) is 29.3 Å². The van der Waals surface area contributed by atoms with E-state index >= 15 is 0 Å². The average molecular weight is 264 g/mol. The lowest BCUT2D eigenvalue weighted by atomic mass is 10.0. The highest BCUT2D eigenvalue weighted by molar-refractivity contribution is 5.54. The van der Waals surface area contributed by atoms with Crippen LogP contribution in [0.3, 0.4) is 0 Å².